The summed E-state index contributed by atoms with van der Waals surface area (Å²) in [7, 11) is 0. The van der Waals surface area contributed by atoms with E-state index in [-0.39, 0.29) is 12.1 Å². The molecule has 1 rings (SSSR count). The van der Waals surface area contributed by atoms with Crippen molar-refractivity contribution in [2.24, 2.45) is 0 Å². The van der Waals surface area contributed by atoms with Crippen molar-refractivity contribution in [3.05, 3.63) is 12.2 Å². The first-order valence-electron chi connectivity index (χ1n) is 2.80. The third kappa shape index (κ3) is 0.904. The molecule has 0 bridgehead atoms. The molecule has 1 heterocycles. The lowest BCUT2D eigenvalue weighted by Gasteiger charge is -2.18. The summed E-state index contributed by atoms with van der Waals surface area (Å²) < 4.78 is 0. The van der Waals surface area contributed by atoms with E-state index in [4.69, 9.17) is 5.11 Å². The fraction of sp³-hybridized carbons (Fsp3) is 0.667. The SMILES string of the molecule is C[C@]1(CO)C=CCN1. The highest BCUT2D eigenvalue weighted by molar-refractivity contribution is 5.11. The molecule has 46 valence electrons. The molecule has 8 heavy (non-hydrogen) atoms. The van der Waals surface area contributed by atoms with Gasteiger partial charge in [0, 0.05) is 6.54 Å². The first-order valence-corrected chi connectivity index (χ1v) is 2.80. The third-order valence-electron chi connectivity index (χ3n) is 1.44. The summed E-state index contributed by atoms with van der Waals surface area (Å²) in [6, 6.07) is 0. The average molecular weight is 113 g/mol. The maximum atomic E-state index is 8.71. The molecule has 0 aromatic heterocycles. The van der Waals surface area contributed by atoms with Crippen LogP contribution in [-0.4, -0.2) is 23.8 Å². The van der Waals surface area contributed by atoms with Gasteiger partial charge >= 0.3 is 0 Å². The Balaban J connectivity index is 2.54. The van der Waals surface area contributed by atoms with Crippen molar-refractivity contribution in [3.8, 4) is 0 Å². The maximum absolute atomic E-state index is 8.71. The van der Waals surface area contributed by atoms with Gasteiger partial charge in [-0.25, -0.2) is 0 Å². The van der Waals surface area contributed by atoms with Crippen LogP contribution < -0.4 is 5.32 Å². The lowest BCUT2D eigenvalue weighted by atomic mass is 10.1. The zero-order chi connectivity index (χ0) is 6.04. The molecule has 1 aliphatic heterocycles. The summed E-state index contributed by atoms with van der Waals surface area (Å²) >= 11 is 0. The molecule has 0 radical (unpaired) electrons. The first-order chi connectivity index (χ1) is 3.77. The Hall–Kier alpha value is -0.340. The molecule has 2 heteroatoms. The number of hydrogen-bond acceptors (Lipinski definition) is 2. The minimum Gasteiger partial charge on any atom is -0.394 e. The van der Waals surface area contributed by atoms with Crippen LogP contribution in [0.1, 0.15) is 6.92 Å². The van der Waals surface area contributed by atoms with Crippen LogP contribution >= 0.6 is 0 Å². The van der Waals surface area contributed by atoms with Gasteiger partial charge in [0.15, 0.2) is 0 Å². The van der Waals surface area contributed by atoms with Crippen molar-refractivity contribution in [3.63, 3.8) is 0 Å². The summed E-state index contributed by atoms with van der Waals surface area (Å²) in [5.74, 6) is 0. The number of hydrogen-bond donors (Lipinski definition) is 2. The molecule has 1 atom stereocenters. The number of rotatable bonds is 1. The van der Waals surface area contributed by atoms with E-state index in [1.165, 1.54) is 0 Å². The summed E-state index contributed by atoms with van der Waals surface area (Å²) in [6.07, 6.45) is 4.02. The predicted molar refractivity (Wildman–Crippen MR) is 32.6 cm³/mol. The molecule has 1 aliphatic rings. The highest BCUT2D eigenvalue weighted by atomic mass is 16.3. The lowest BCUT2D eigenvalue weighted by Crippen LogP contribution is -2.39. The molecule has 2 nitrogen and oxygen atoms in total. The van der Waals surface area contributed by atoms with Gasteiger partial charge < -0.3 is 10.4 Å². The Bertz CT molecular complexity index is 111. The van der Waals surface area contributed by atoms with Crippen molar-refractivity contribution in [2.45, 2.75) is 12.5 Å². The first kappa shape index (κ1) is 5.79. The van der Waals surface area contributed by atoms with E-state index in [0.29, 0.717) is 0 Å². The second-order valence-electron chi connectivity index (χ2n) is 2.36. The van der Waals surface area contributed by atoms with Crippen molar-refractivity contribution >= 4 is 0 Å². The standard InChI is InChI=1S/C6H11NO/c1-6(5-8)3-2-4-7-6/h2-3,7-8H,4-5H2,1H3/t6-/m1/s1. The molecule has 0 saturated carbocycles. The number of nitrogens with one attached hydrogen (secondary N) is 1. The van der Waals surface area contributed by atoms with Crippen molar-refractivity contribution in [1.82, 2.24) is 5.32 Å². The average Bonchev–Trinajstić information content (AvgIpc) is 2.17. The van der Waals surface area contributed by atoms with Crippen molar-refractivity contribution in [2.75, 3.05) is 13.2 Å². The van der Waals surface area contributed by atoms with Crippen LogP contribution in [0.3, 0.4) is 0 Å². The normalized spacial score (nSPS) is 36.2. The van der Waals surface area contributed by atoms with Crippen LogP contribution in [0, 0.1) is 0 Å². The highest BCUT2D eigenvalue weighted by Crippen LogP contribution is 2.08. The summed E-state index contributed by atoms with van der Waals surface area (Å²) in [5.41, 5.74) is -0.139. The van der Waals surface area contributed by atoms with E-state index in [1.54, 1.807) is 0 Å². The molecule has 0 saturated heterocycles. The quantitative estimate of drug-likeness (QED) is 0.465. The van der Waals surface area contributed by atoms with E-state index in [2.05, 4.69) is 5.32 Å². The largest absolute Gasteiger partial charge is 0.394 e. The monoisotopic (exact) mass is 113 g/mol. The lowest BCUT2D eigenvalue weighted by molar-refractivity contribution is 0.218. The van der Waals surface area contributed by atoms with E-state index < -0.39 is 0 Å². The maximum Gasteiger partial charge on any atom is 0.0646 e. The van der Waals surface area contributed by atoms with Gasteiger partial charge in [-0.2, -0.15) is 0 Å². The van der Waals surface area contributed by atoms with Gasteiger partial charge in [-0.3, -0.25) is 0 Å². The Morgan fingerprint density at radius 2 is 2.62 bits per heavy atom. The van der Waals surface area contributed by atoms with Crippen LogP contribution in [0.5, 0.6) is 0 Å². The van der Waals surface area contributed by atoms with Gasteiger partial charge in [0.1, 0.15) is 0 Å². The molecule has 0 unspecified atom stereocenters. The van der Waals surface area contributed by atoms with E-state index >= 15 is 0 Å². The molecule has 0 aromatic carbocycles. The fourth-order valence-electron chi connectivity index (χ4n) is 0.779. The Morgan fingerprint density at radius 3 is 2.88 bits per heavy atom. The van der Waals surface area contributed by atoms with E-state index in [1.807, 2.05) is 19.1 Å². The van der Waals surface area contributed by atoms with Crippen LogP contribution in [-0.2, 0) is 0 Å². The van der Waals surface area contributed by atoms with Gasteiger partial charge in [0.05, 0.1) is 12.1 Å². The van der Waals surface area contributed by atoms with Crippen LogP contribution in [0.25, 0.3) is 0 Å². The smallest absolute Gasteiger partial charge is 0.0646 e. The molecule has 0 spiro atoms. The zero-order valence-electron chi connectivity index (χ0n) is 5.02. The Labute approximate surface area is 49.2 Å². The van der Waals surface area contributed by atoms with Crippen molar-refractivity contribution < 1.29 is 5.11 Å². The second-order valence-corrected chi connectivity index (χ2v) is 2.36. The molecule has 2 N–H and O–H groups in total. The molecule has 0 aliphatic carbocycles. The van der Waals surface area contributed by atoms with Gasteiger partial charge in [-0.15, -0.1) is 0 Å². The van der Waals surface area contributed by atoms with E-state index in [9.17, 15) is 0 Å². The van der Waals surface area contributed by atoms with Crippen molar-refractivity contribution in [1.29, 1.82) is 0 Å². The molecule has 0 fully saturated rings. The van der Waals surface area contributed by atoms with Crippen LogP contribution in [0.2, 0.25) is 0 Å². The molecular formula is C6H11NO. The minimum atomic E-state index is -0.139. The number of aliphatic hydroxyl groups is 1. The topological polar surface area (TPSA) is 32.3 Å². The second kappa shape index (κ2) is 1.88. The van der Waals surface area contributed by atoms with Gasteiger partial charge in [-0.1, -0.05) is 12.2 Å². The predicted octanol–water partition coefficient (Wildman–Crippen LogP) is -0.103. The van der Waals surface area contributed by atoms with Gasteiger partial charge in [0.2, 0.25) is 0 Å². The zero-order valence-corrected chi connectivity index (χ0v) is 5.02. The molecule has 0 amide bonds. The minimum absolute atomic E-state index is 0.139. The molecular weight excluding hydrogens is 102 g/mol. The number of aliphatic hydroxyl groups excluding tert-OH is 1. The van der Waals surface area contributed by atoms with Crippen LogP contribution in [0.4, 0.5) is 0 Å². The summed E-state index contributed by atoms with van der Waals surface area (Å²) in [4.78, 5) is 0. The van der Waals surface area contributed by atoms with Gasteiger partial charge in [-0.05, 0) is 6.92 Å². The summed E-state index contributed by atoms with van der Waals surface area (Å²) in [5, 5.41) is 11.8. The Kier molecular flexibility index (Phi) is 1.36. The van der Waals surface area contributed by atoms with Gasteiger partial charge in [0.25, 0.3) is 0 Å². The van der Waals surface area contributed by atoms with E-state index in [0.717, 1.165) is 6.54 Å². The summed E-state index contributed by atoms with van der Waals surface area (Å²) in [6.45, 7) is 3.04. The highest BCUT2D eigenvalue weighted by Gasteiger charge is 2.20. The third-order valence-corrected chi connectivity index (χ3v) is 1.44. The Morgan fingerprint density at radius 1 is 1.88 bits per heavy atom. The van der Waals surface area contributed by atoms with Crippen LogP contribution in [0.15, 0.2) is 12.2 Å². The molecule has 0 aromatic rings. The fourth-order valence-corrected chi connectivity index (χ4v) is 0.779.